The van der Waals surface area contributed by atoms with Crippen LogP contribution in [-0.2, 0) is 51.7 Å². The van der Waals surface area contributed by atoms with Crippen LogP contribution in [0.25, 0.3) is 22.0 Å². The van der Waals surface area contributed by atoms with Gasteiger partial charge in [0.15, 0.2) is 11.5 Å². The first kappa shape index (κ1) is 39.0. The Hall–Kier alpha value is -5.83. The lowest BCUT2D eigenvalue weighted by molar-refractivity contribution is -0.142. The number of sulfonamides is 1. The molecule has 304 valence electrons. The summed E-state index contributed by atoms with van der Waals surface area (Å²) >= 11 is 0. The summed E-state index contributed by atoms with van der Waals surface area (Å²) in [4.78, 5) is 33.1. The van der Waals surface area contributed by atoms with Crippen molar-refractivity contribution in [1.29, 1.82) is 0 Å². The second-order valence-corrected chi connectivity index (χ2v) is 16.3. The van der Waals surface area contributed by atoms with Crippen LogP contribution >= 0.6 is 0 Å². The van der Waals surface area contributed by atoms with Crippen LogP contribution in [0.1, 0.15) is 46.6 Å². The molecule has 4 unspecified atom stereocenters. The van der Waals surface area contributed by atoms with Gasteiger partial charge in [-0.15, -0.1) is 0 Å². The number of carbonyl (C=O) groups is 2. The molecule has 4 atom stereocenters. The summed E-state index contributed by atoms with van der Waals surface area (Å²) in [6, 6.07) is 8.48. The molecule has 2 aromatic carbocycles. The molecule has 2 amide bonds. The number of aryl methyl sites for hydroxylation is 1. The Balaban J connectivity index is 1.27. The largest absolute Gasteiger partial charge is 0.435 e. The highest BCUT2D eigenvalue weighted by atomic mass is 32.2. The summed E-state index contributed by atoms with van der Waals surface area (Å²) < 4.78 is 131. The van der Waals surface area contributed by atoms with Crippen molar-refractivity contribution >= 4 is 44.4 Å². The van der Waals surface area contributed by atoms with E-state index >= 15 is 8.78 Å². The summed E-state index contributed by atoms with van der Waals surface area (Å²) in [6.45, 7) is -1.06. The minimum absolute atomic E-state index is 0.00729. The molecule has 58 heavy (non-hydrogen) atoms. The van der Waals surface area contributed by atoms with Gasteiger partial charge >= 0.3 is 6.18 Å². The average Bonchev–Trinajstić information content (AvgIpc) is 3.77. The Morgan fingerprint density at radius 3 is 2.40 bits per heavy atom. The molecule has 1 saturated heterocycles. The smallest absolute Gasteiger partial charge is 0.346 e. The van der Waals surface area contributed by atoms with Gasteiger partial charge in [-0.05, 0) is 42.3 Å². The Bertz CT molecular complexity index is 2660. The second-order valence-electron chi connectivity index (χ2n) is 14.5. The molecule has 4 heterocycles. The van der Waals surface area contributed by atoms with Gasteiger partial charge in [0, 0.05) is 60.1 Å². The van der Waals surface area contributed by atoms with Gasteiger partial charge in [0.05, 0.1) is 29.4 Å². The molecule has 2 aliphatic carbocycles. The van der Waals surface area contributed by atoms with Gasteiger partial charge in [-0.1, -0.05) is 24.3 Å². The third-order valence-corrected chi connectivity index (χ3v) is 10.9. The topological polar surface area (TPSA) is 170 Å². The predicted molar refractivity (Wildman–Crippen MR) is 195 cm³/mol. The maximum atomic E-state index is 15.6. The maximum absolute atomic E-state index is 15.6. The number of nitrogens with one attached hydrogen (secondary N) is 2. The van der Waals surface area contributed by atoms with E-state index in [0.717, 1.165) is 24.5 Å². The van der Waals surface area contributed by atoms with Crippen LogP contribution in [0.5, 0.6) is 0 Å². The Morgan fingerprint density at radius 2 is 1.78 bits per heavy atom. The highest BCUT2D eigenvalue weighted by Crippen LogP contribution is 2.60. The molecular formula is C37H32F7N9O4S. The molecule has 21 heteroatoms. The zero-order chi connectivity index (χ0) is 41.6. The molecule has 0 saturated carbocycles. The number of nitrogens with two attached hydrogens (primary N) is 1. The number of aromatic nitrogens is 5. The maximum Gasteiger partial charge on any atom is 0.435 e. The summed E-state index contributed by atoms with van der Waals surface area (Å²) in [7, 11) is -2.26. The van der Waals surface area contributed by atoms with Crippen LogP contribution in [0, 0.1) is 17.6 Å². The third-order valence-electron chi connectivity index (χ3n) is 10.3. The van der Waals surface area contributed by atoms with Crippen molar-refractivity contribution < 1.29 is 48.7 Å². The zero-order valence-corrected chi connectivity index (χ0v) is 31.2. The van der Waals surface area contributed by atoms with Crippen LogP contribution in [0.4, 0.5) is 42.4 Å². The number of pyridine rings is 1. The number of allylic oxidation sites excluding steroid dienone is 2. The SMILES string of the molecule is Cn1nc(NS(C)(=O)=O)c2cccc(-c3ccc(N4CC(N)CC4=O)nc3C(Cc3cc(F)cc(F)c3)NC(=O)Cn3nc(C(F)(F)F)c4c3C(F)(F)C3C=CC43)c21. The van der Waals surface area contributed by atoms with Crippen molar-refractivity contribution in [2.24, 2.45) is 18.7 Å². The normalized spacial score (nSPS) is 20.3. The summed E-state index contributed by atoms with van der Waals surface area (Å²) in [6.07, 6.45) is -2.28. The number of para-hydroxylation sites is 1. The molecule has 3 aliphatic rings. The molecule has 1 aliphatic heterocycles. The number of carbonyl (C=O) groups excluding carboxylic acids is 2. The summed E-state index contributed by atoms with van der Waals surface area (Å²) in [5, 5.41) is 10.7. The molecule has 0 radical (unpaired) electrons. The monoisotopic (exact) mass is 831 g/mol. The molecule has 8 rings (SSSR count). The van der Waals surface area contributed by atoms with Gasteiger partial charge in [0.2, 0.25) is 21.8 Å². The summed E-state index contributed by atoms with van der Waals surface area (Å²) in [5.74, 6) is -9.98. The Labute approximate surface area is 324 Å². The number of anilines is 2. The van der Waals surface area contributed by atoms with Gasteiger partial charge in [0.1, 0.15) is 29.7 Å². The van der Waals surface area contributed by atoms with Gasteiger partial charge in [-0.2, -0.15) is 32.1 Å². The third kappa shape index (κ3) is 6.84. The molecule has 0 bridgehead atoms. The first-order valence-corrected chi connectivity index (χ1v) is 19.6. The second kappa shape index (κ2) is 13.6. The lowest BCUT2D eigenvalue weighted by atomic mass is 9.81. The van der Waals surface area contributed by atoms with E-state index in [0.29, 0.717) is 27.2 Å². The van der Waals surface area contributed by atoms with Crippen LogP contribution in [0.2, 0.25) is 0 Å². The van der Waals surface area contributed by atoms with E-state index in [-0.39, 0.29) is 47.3 Å². The number of hydrogen-bond donors (Lipinski definition) is 3. The first-order valence-electron chi connectivity index (χ1n) is 17.7. The van der Waals surface area contributed by atoms with E-state index < -0.39 is 93.5 Å². The van der Waals surface area contributed by atoms with Crippen molar-refractivity contribution in [3.8, 4) is 11.1 Å². The molecule has 1 fully saturated rings. The molecule has 13 nitrogen and oxygen atoms in total. The number of alkyl halides is 5. The number of hydrogen-bond acceptors (Lipinski definition) is 8. The minimum Gasteiger partial charge on any atom is -0.346 e. The fraction of sp³-hybridized carbons (Fsp3) is 0.324. The number of rotatable bonds is 10. The average molecular weight is 832 g/mol. The van der Waals surface area contributed by atoms with Crippen molar-refractivity contribution in [3.63, 3.8) is 0 Å². The number of amides is 2. The number of benzene rings is 2. The Morgan fingerprint density at radius 1 is 1.05 bits per heavy atom. The van der Waals surface area contributed by atoms with E-state index in [4.69, 9.17) is 10.7 Å². The molecule has 5 aromatic rings. The van der Waals surface area contributed by atoms with Gasteiger partial charge in [-0.25, -0.2) is 22.2 Å². The van der Waals surface area contributed by atoms with Crippen molar-refractivity contribution in [3.05, 3.63) is 101 Å². The molecule has 3 aromatic heterocycles. The van der Waals surface area contributed by atoms with E-state index in [9.17, 15) is 40.0 Å². The Kier molecular flexibility index (Phi) is 9.18. The van der Waals surface area contributed by atoms with Gasteiger partial charge in [-0.3, -0.25) is 28.6 Å². The number of fused-ring (bicyclic) bond motifs is 4. The number of nitrogens with zero attached hydrogens (tertiary/aromatic N) is 6. The zero-order valence-electron chi connectivity index (χ0n) is 30.4. The van der Waals surface area contributed by atoms with Crippen LogP contribution in [0.3, 0.4) is 0 Å². The fourth-order valence-electron chi connectivity index (χ4n) is 8.01. The lowest BCUT2D eigenvalue weighted by Crippen LogP contribution is -2.36. The van der Waals surface area contributed by atoms with E-state index in [1.807, 2.05) is 0 Å². The quantitative estimate of drug-likeness (QED) is 0.130. The molecule has 0 spiro atoms. The van der Waals surface area contributed by atoms with Crippen LogP contribution in [-0.4, -0.2) is 63.6 Å². The highest BCUT2D eigenvalue weighted by Gasteiger charge is 2.61. The standard InChI is InChI=1S/C37H32F7N9O4S/c1-51-32-22(4-3-5-24(32)35(49-51)50-58(2,56)57)21-7-9-27(52-15-20(45)14-29(52)55)47-31(21)26(12-17-10-18(38)13-19(39)11-17)46-28(54)16-53-34-30(33(48-53)37(42,43)44)23-6-8-25(23)36(34,40)41/h3-11,13,20,23,25-26H,12,14-16,45H2,1-2H3,(H,46,54)(H,49,50). The summed E-state index contributed by atoms with van der Waals surface area (Å²) in [5.41, 5.74) is 3.69. The lowest BCUT2D eigenvalue weighted by Gasteiger charge is -2.28. The minimum atomic E-state index is -5.12. The highest BCUT2D eigenvalue weighted by molar-refractivity contribution is 7.92. The number of halogens is 7. The van der Waals surface area contributed by atoms with E-state index in [1.165, 1.54) is 28.8 Å². The van der Waals surface area contributed by atoms with Gasteiger partial charge < -0.3 is 11.1 Å². The van der Waals surface area contributed by atoms with E-state index in [1.54, 1.807) is 24.3 Å². The molecule has 4 N–H and O–H groups in total. The van der Waals surface area contributed by atoms with E-state index in [2.05, 4.69) is 20.2 Å². The van der Waals surface area contributed by atoms with Crippen LogP contribution in [0.15, 0.2) is 60.7 Å². The van der Waals surface area contributed by atoms with Crippen LogP contribution < -0.4 is 20.7 Å². The predicted octanol–water partition coefficient (Wildman–Crippen LogP) is 5.04. The van der Waals surface area contributed by atoms with Crippen molar-refractivity contribution in [1.82, 2.24) is 29.9 Å². The van der Waals surface area contributed by atoms with Gasteiger partial charge in [0.25, 0.3) is 5.92 Å². The van der Waals surface area contributed by atoms with Crippen molar-refractivity contribution in [2.45, 2.75) is 49.5 Å². The van der Waals surface area contributed by atoms with Crippen molar-refractivity contribution in [2.75, 3.05) is 22.4 Å². The fourth-order valence-corrected chi connectivity index (χ4v) is 8.51. The first-order chi connectivity index (χ1) is 27.2. The molecular weight excluding hydrogens is 800 g/mol.